The van der Waals surface area contributed by atoms with Gasteiger partial charge in [-0.25, -0.2) is 13.1 Å². The minimum atomic E-state index is -3.43. The number of rotatable bonds is 8. The van der Waals surface area contributed by atoms with Crippen molar-refractivity contribution in [3.05, 3.63) is 24.3 Å². The predicted octanol–water partition coefficient (Wildman–Crippen LogP) is 1.52. The Kier molecular flexibility index (Phi) is 5.01. The number of sulfonamides is 1. The molecule has 6 heteroatoms. The van der Waals surface area contributed by atoms with Gasteiger partial charge in [-0.2, -0.15) is 0 Å². The van der Waals surface area contributed by atoms with Crippen LogP contribution >= 0.6 is 0 Å². The number of anilines is 1. The lowest BCUT2D eigenvalue weighted by atomic mass is 10.1. The molecular weight excluding hydrogens is 274 g/mol. The van der Waals surface area contributed by atoms with Crippen molar-refractivity contribution in [2.24, 2.45) is 11.7 Å². The van der Waals surface area contributed by atoms with Crippen LogP contribution in [0.1, 0.15) is 26.2 Å². The van der Waals surface area contributed by atoms with Crippen molar-refractivity contribution >= 4 is 15.7 Å². The van der Waals surface area contributed by atoms with E-state index in [2.05, 4.69) is 17.0 Å². The van der Waals surface area contributed by atoms with Crippen LogP contribution in [-0.2, 0) is 10.0 Å². The maximum atomic E-state index is 12.3. The van der Waals surface area contributed by atoms with Crippen LogP contribution in [0, 0.1) is 5.92 Å². The highest BCUT2D eigenvalue weighted by Gasteiger charge is 2.29. The number of benzene rings is 1. The molecule has 20 heavy (non-hydrogen) atoms. The van der Waals surface area contributed by atoms with Crippen molar-refractivity contribution in [1.82, 2.24) is 4.72 Å². The monoisotopic (exact) mass is 297 g/mol. The van der Waals surface area contributed by atoms with Crippen LogP contribution in [0.4, 0.5) is 5.69 Å². The average molecular weight is 297 g/mol. The third kappa shape index (κ3) is 4.19. The van der Waals surface area contributed by atoms with Crippen LogP contribution < -0.4 is 15.8 Å². The summed E-state index contributed by atoms with van der Waals surface area (Å²) in [6.45, 7) is 3.46. The van der Waals surface area contributed by atoms with Gasteiger partial charge in [0.1, 0.15) is 4.90 Å². The third-order valence-electron chi connectivity index (χ3n) is 3.38. The Morgan fingerprint density at radius 2 is 2.05 bits per heavy atom. The van der Waals surface area contributed by atoms with Crippen molar-refractivity contribution in [2.45, 2.75) is 37.1 Å². The van der Waals surface area contributed by atoms with Gasteiger partial charge in [0, 0.05) is 12.6 Å². The fraction of sp³-hybridized carbons (Fsp3) is 0.571. The van der Waals surface area contributed by atoms with E-state index in [0.717, 1.165) is 19.3 Å². The van der Waals surface area contributed by atoms with Gasteiger partial charge in [0.05, 0.1) is 5.69 Å². The summed E-state index contributed by atoms with van der Waals surface area (Å²) in [5.41, 5.74) is 6.18. The topological polar surface area (TPSA) is 84.2 Å². The van der Waals surface area contributed by atoms with E-state index in [1.165, 1.54) is 0 Å². The minimum absolute atomic E-state index is 0.115. The van der Waals surface area contributed by atoms with E-state index in [4.69, 9.17) is 5.73 Å². The zero-order valence-corrected chi connectivity index (χ0v) is 12.6. The molecular formula is C14H23N3O2S. The lowest BCUT2D eigenvalue weighted by molar-refractivity contribution is 0.566. The van der Waals surface area contributed by atoms with Crippen LogP contribution in [0.15, 0.2) is 29.2 Å². The van der Waals surface area contributed by atoms with Crippen LogP contribution in [0.3, 0.4) is 0 Å². The molecule has 1 fully saturated rings. The predicted molar refractivity (Wildman–Crippen MR) is 81.1 cm³/mol. The molecule has 1 atom stereocenters. The molecule has 1 aliphatic carbocycles. The average Bonchev–Trinajstić information content (AvgIpc) is 3.20. The molecule has 0 bridgehead atoms. The van der Waals surface area contributed by atoms with Crippen molar-refractivity contribution < 1.29 is 8.42 Å². The molecule has 0 aromatic heterocycles. The van der Waals surface area contributed by atoms with Gasteiger partial charge in [0.25, 0.3) is 0 Å². The number of hydrogen-bond acceptors (Lipinski definition) is 4. The molecule has 0 amide bonds. The van der Waals surface area contributed by atoms with E-state index in [0.29, 0.717) is 29.6 Å². The Hall–Kier alpha value is -1.11. The first-order chi connectivity index (χ1) is 9.53. The van der Waals surface area contributed by atoms with Crippen molar-refractivity contribution in [1.29, 1.82) is 0 Å². The highest BCUT2D eigenvalue weighted by molar-refractivity contribution is 7.89. The molecule has 1 aromatic rings. The van der Waals surface area contributed by atoms with Gasteiger partial charge < -0.3 is 11.1 Å². The van der Waals surface area contributed by atoms with Gasteiger partial charge in [-0.05, 0) is 43.9 Å². The SMILES string of the molecule is CC(CCN)CNc1ccccc1S(=O)(=O)NC1CC1. The van der Waals surface area contributed by atoms with E-state index >= 15 is 0 Å². The van der Waals surface area contributed by atoms with Gasteiger partial charge in [-0.3, -0.25) is 0 Å². The first kappa shape index (κ1) is 15.3. The van der Waals surface area contributed by atoms with Crippen LogP contribution in [0.5, 0.6) is 0 Å². The molecule has 2 rings (SSSR count). The van der Waals surface area contributed by atoms with Gasteiger partial charge >= 0.3 is 0 Å². The summed E-state index contributed by atoms with van der Waals surface area (Å²) in [6, 6.07) is 7.14. The Balaban J connectivity index is 2.09. The largest absolute Gasteiger partial charge is 0.384 e. The first-order valence-corrected chi connectivity index (χ1v) is 8.56. The lowest BCUT2D eigenvalue weighted by Gasteiger charge is -2.16. The Morgan fingerprint density at radius 3 is 2.70 bits per heavy atom. The third-order valence-corrected chi connectivity index (χ3v) is 4.95. The minimum Gasteiger partial charge on any atom is -0.384 e. The summed E-state index contributed by atoms with van der Waals surface area (Å²) in [4.78, 5) is 0.326. The molecule has 0 aliphatic heterocycles. The number of nitrogens with two attached hydrogens (primary N) is 1. The van der Waals surface area contributed by atoms with Gasteiger partial charge in [-0.15, -0.1) is 0 Å². The summed E-state index contributed by atoms with van der Waals surface area (Å²) >= 11 is 0. The fourth-order valence-electron chi connectivity index (χ4n) is 2.00. The summed E-state index contributed by atoms with van der Waals surface area (Å²) in [5, 5.41) is 3.22. The molecule has 1 saturated carbocycles. The molecule has 0 spiro atoms. The Bertz CT molecular complexity index is 541. The van der Waals surface area contributed by atoms with E-state index < -0.39 is 10.0 Å². The van der Waals surface area contributed by atoms with Gasteiger partial charge in [0.15, 0.2) is 0 Å². The normalized spacial score (nSPS) is 16.9. The maximum absolute atomic E-state index is 12.3. The zero-order chi connectivity index (χ0) is 14.6. The molecule has 1 aromatic carbocycles. The standard InChI is InChI=1S/C14H23N3O2S/c1-11(8-9-15)10-16-13-4-2-3-5-14(13)20(18,19)17-12-6-7-12/h2-5,11-12,16-17H,6-10,15H2,1H3. The molecule has 4 N–H and O–H groups in total. The summed E-state index contributed by atoms with van der Waals surface area (Å²) in [5.74, 6) is 0.409. The van der Waals surface area contributed by atoms with Crippen LogP contribution in [0.2, 0.25) is 0 Å². The smallest absolute Gasteiger partial charge is 0.242 e. The van der Waals surface area contributed by atoms with E-state index in [1.54, 1.807) is 18.2 Å². The lowest BCUT2D eigenvalue weighted by Crippen LogP contribution is -2.27. The maximum Gasteiger partial charge on any atom is 0.242 e. The molecule has 112 valence electrons. The molecule has 1 unspecified atom stereocenters. The highest BCUT2D eigenvalue weighted by Crippen LogP contribution is 2.26. The van der Waals surface area contributed by atoms with Crippen LogP contribution in [0.25, 0.3) is 0 Å². The fourth-order valence-corrected chi connectivity index (χ4v) is 3.49. The van der Waals surface area contributed by atoms with E-state index in [9.17, 15) is 8.42 Å². The van der Waals surface area contributed by atoms with Crippen molar-refractivity contribution in [3.63, 3.8) is 0 Å². The van der Waals surface area contributed by atoms with Crippen molar-refractivity contribution in [2.75, 3.05) is 18.4 Å². The highest BCUT2D eigenvalue weighted by atomic mass is 32.2. The van der Waals surface area contributed by atoms with Crippen LogP contribution in [-0.4, -0.2) is 27.5 Å². The van der Waals surface area contributed by atoms with E-state index in [-0.39, 0.29) is 6.04 Å². The van der Waals surface area contributed by atoms with E-state index in [1.807, 2.05) is 6.07 Å². The number of para-hydroxylation sites is 1. The van der Waals surface area contributed by atoms with Gasteiger partial charge in [0.2, 0.25) is 10.0 Å². The Labute approximate surface area is 121 Å². The molecule has 0 heterocycles. The quantitative estimate of drug-likeness (QED) is 0.679. The number of hydrogen-bond donors (Lipinski definition) is 3. The molecule has 5 nitrogen and oxygen atoms in total. The molecule has 0 saturated heterocycles. The zero-order valence-electron chi connectivity index (χ0n) is 11.8. The molecule has 0 radical (unpaired) electrons. The van der Waals surface area contributed by atoms with Gasteiger partial charge in [-0.1, -0.05) is 19.1 Å². The van der Waals surface area contributed by atoms with Crippen molar-refractivity contribution in [3.8, 4) is 0 Å². The molecule has 1 aliphatic rings. The second-order valence-corrected chi connectivity index (χ2v) is 7.14. The summed E-state index contributed by atoms with van der Waals surface area (Å²) < 4.78 is 27.3. The second-order valence-electron chi connectivity index (χ2n) is 5.46. The number of nitrogens with one attached hydrogen (secondary N) is 2. The summed E-state index contributed by atoms with van der Waals surface area (Å²) in [7, 11) is -3.43. The summed E-state index contributed by atoms with van der Waals surface area (Å²) in [6.07, 6.45) is 2.78. The first-order valence-electron chi connectivity index (χ1n) is 7.08. The second kappa shape index (κ2) is 6.56. The Morgan fingerprint density at radius 1 is 1.35 bits per heavy atom.